The Hall–Kier alpha value is -4.33. The van der Waals surface area contributed by atoms with Crippen molar-refractivity contribution in [2.24, 2.45) is 13.0 Å². The SMILES string of the molecule is Cn1cc(C2=C(c3cn(N4CCC(C(=O)OC(C)(C)C)CC4)c4ccccc34)C(=O)NC2=O)c2ccccc21. The molecule has 6 rings (SSSR count). The number of nitrogens with zero attached hydrogens (tertiary/aromatic N) is 3. The lowest BCUT2D eigenvalue weighted by atomic mass is 9.95. The summed E-state index contributed by atoms with van der Waals surface area (Å²) in [5.74, 6) is -1.07. The number of carbonyl (C=O) groups is 3. The van der Waals surface area contributed by atoms with E-state index >= 15 is 0 Å². The van der Waals surface area contributed by atoms with Crippen molar-refractivity contribution in [3.05, 3.63) is 72.1 Å². The highest BCUT2D eigenvalue weighted by Gasteiger charge is 2.36. The summed E-state index contributed by atoms with van der Waals surface area (Å²) in [5.41, 5.74) is 3.65. The van der Waals surface area contributed by atoms with Gasteiger partial charge in [0.05, 0.1) is 22.6 Å². The van der Waals surface area contributed by atoms with Crippen molar-refractivity contribution in [2.45, 2.75) is 39.2 Å². The number of aryl methyl sites for hydroxylation is 1. The Morgan fingerprint density at radius 1 is 0.846 bits per heavy atom. The highest BCUT2D eigenvalue weighted by atomic mass is 16.6. The third kappa shape index (κ3) is 4.30. The van der Waals surface area contributed by atoms with E-state index in [2.05, 4.69) is 15.0 Å². The number of esters is 1. The van der Waals surface area contributed by atoms with E-state index in [1.807, 2.05) is 93.3 Å². The molecule has 2 aromatic carbocycles. The first-order valence-corrected chi connectivity index (χ1v) is 13.4. The van der Waals surface area contributed by atoms with Crippen LogP contribution in [0.15, 0.2) is 60.9 Å². The van der Waals surface area contributed by atoms with E-state index < -0.39 is 11.5 Å². The molecule has 2 aromatic heterocycles. The van der Waals surface area contributed by atoms with Crippen LogP contribution in [0.5, 0.6) is 0 Å². The Bertz CT molecular complexity index is 1680. The summed E-state index contributed by atoms with van der Waals surface area (Å²) in [7, 11) is 1.94. The van der Waals surface area contributed by atoms with Crippen LogP contribution in [0.1, 0.15) is 44.7 Å². The number of hydrogen-bond donors (Lipinski definition) is 1. The number of hydrogen-bond acceptors (Lipinski definition) is 5. The van der Waals surface area contributed by atoms with E-state index in [0.29, 0.717) is 42.6 Å². The van der Waals surface area contributed by atoms with Crippen molar-refractivity contribution in [2.75, 3.05) is 18.1 Å². The molecule has 0 spiro atoms. The number of nitrogens with one attached hydrogen (secondary N) is 1. The van der Waals surface area contributed by atoms with Crippen LogP contribution in [0.25, 0.3) is 33.0 Å². The van der Waals surface area contributed by atoms with E-state index in [4.69, 9.17) is 4.74 Å². The van der Waals surface area contributed by atoms with E-state index in [1.165, 1.54) is 0 Å². The van der Waals surface area contributed by atoms with Gasteiger partial charge in [-0.05, 0) is 45.7 Å². The second-order valence-corrected chi connectivity index (χ2v) is 11.4. The molecule has 0 bridgehead atoms. The predicted molar refractivity (Wildman–Crippen MR) is 151 cm³/mol. The van der Waals surface area contributed by atoms with Gasteiger partial charge in [0.15, 0.2) is 0 Å². The number of piperidine rings is 1. The van der Waals surface area contributed by atoms with Crippen molar-refractivity contribution in [3.8, 4) is 0 Å². The number of imide groups is 1. The lowest BCUT2D eigenvalue weighted by Crippen LogP contribution is -2.44. The van der Waals surface area contributed by atoms with Gasteiger partial charge in [0.2, 0.25) is 0 Å². The third-order valence-corrected chi connectivity index (χ3v) is 7.58. The van der Waals surface area contributed by atoms with Gasteiger partial charge in [-0.15, -0.1) is 0 Å². The summed E-state index contributed by atoms with van der Waals surface area (Å²) in [5, 5.41) is 6.55. The van der Waals surface area contributed by atoms with Crippen molar-refractivity contribution < 1.29 is 19.1 Å². The average Bonchev–Trinajstić information content (AvgIpc) is 3.53. The number of rotatable bonds is 4. The summed E-state index contributed by atoms with van der Waals surface area (Å²) < 4.78 is 9.66. The number of amides is 2. The molecule has 0 radical (unpaired) electrons. The fourth-order valence-corrected chi connectivity index (χ4v) is 5.81. The topological polar surface area (TPSA) is 85.6 Å². The average molecular weight is 525 g/mol. The molecule has 4 heterocycles. The molecule has 200 valence electrons. The zero-order chi connectivity index (χ0) is 27.5. The zero-order valence-corrected chi connectivity index (χ0v) is 22.7. The van der Waals surface area contributed by atoms with E-state index in [0.717, 1.165) is 27.4 Å². The smallest absolute Gasteiger partial charge is 0.309 e. The molecule has 8 heteroatoms. The van der Waals surface area contributed by atoms with Crippen LogP contribution in [-0.2, 0) is 26.2 Å². The molecule has 1 N–H and O–H groups in total. The Labute approximate surface area is 226 Å². The predicted octanol–water partition coefficient (Wildman–Crippen LogP) is 4.39. The first kappa shape index (κ1) is 25.0. The first-order chi connectivity index (χ1) is 18.6. The van der Waals surface area contributed by atoms with Gasteiger partial charge in [-0.3, -0.25) is 24.4 Å². The summed E-state index contributed by atoms with van der Waals surface area (Å²) in [4.78, 5) is 39.2. The van der Waals surface area contributed by atoms with Crippen LogP contribution < -0.4 is 10.3 Å². The number of benzene rings is 2. The number of ether oxygens (including phenoxy) is 1. The summed E-state index contributed by atoms with van der Waals surface area (Å²) >= 11 is 0. The van der Waals surface area contributed by atoms with Crippen LogP contribution in [0.3, 0.4) is 0 Å². The molecule has 4 aromatic rings. The van der Waals surface area contributed by atoms with Crippen molar-refractivity contribution in [3.63, 3.8) is 0 Å². The second-order valence-electron chi connectivity index (χ2n) is 11.4. The minimum Gasteiger partial charge on any atom is -0.460 e. The van der Waals surface area contributed by atoms with E-state index in [1.54, 1.807) is 0 Å². The van der Waals surface area contributed by atoms with Crippen molar-refractivity contribution in [1.29, 1.82) is 0 Å². The highest BCUT2D eigenvalue weighted by molar-refractivity contribution is 6.50. The summed E-state index contributed by atoms with van der Waals surface area (Å²) in [6.07, 6.45) is 5.23. The van der Waals surface area contributed by atoms with Gasteiger partial charge in [0.1, 0.15) is 5.60 Å². The Kier molecular flexibility index (Phi) is 5.86. The summed E-state index contributed by atoms with van der Waals surface area (Å²) in [6, 6.07) is 15.8. The standard InChI is InChI=1S/C31H32N4O4/c1-31(2,3)39-30(38)19-13-15-34(16-14-19)35-18-23(21-10-6-8-12-25(21)35)27-26(28(36)32-29(27)37)22-17-33(4)24-11-7-5-9-20(22)24/h5-12,17-19H,13-16H2,1-4H3,(H,32,36,37). The van der Waals surface area contributed by atoms with Gasteiger partial charge < -0.3 is 14.3 Å². The van der Waals surface area contributed by atoms with Gasteiger partial charge in [0.25, 0.3) is 11.8 Å². The molecule has 8 nitrogen and oxygen atoms in total. The lowest BCUT2D eigenvalue weighted by molar-refractivity contribution is -0.160. The van der Waals surface area contributed by atoms with Crippen LogP contribution in [0, 0.1) is 5.92 Å². The monoisotopic (exact) mass is 524 g/mol. The van der Waals surface area contributed by atoms with Gasteiger partial charge in [-0.1, -0.05) is 36.4 Å². The largest absolute Gasteiger partial charge is 0.460 e. The zero-order valence-electron chi connectivity index (χ0n) is 22.7. The van der Waals surface area contributed by atoms with E-state index in [9.17, 15) is 14.4 Å². The maximum absolute atomic E-state index is 13.3. The van der Waals surface area contributed by atoms with Crippen LogP contribution >= 0.6 is 0 Å². The molecule has 2 aliphatic heterocycles. The molecular formula is C31H32N4O4. The molecule has 1 fully saturated rings. The molecule has 1 saturated heterocycles. The van der Waals surface area contributed by atoms with Crippen LogP contribution in [-0.4, -0.2) is 45.7 Å². The molecule has 2 amide bonds. The third-order valence-electron chi connectivity index (χ3n) is 7.58. The lowest BCUT2D eigenvalue weighted by Gasteiger charge is -2.34. The molecule has 0 unspecified atom stereocenters. The van der Waals surface area contributed by atoms with E-state index in [-0.39, 0.29) is 17.8 Å². The van der Waals surface area contributed by atoms with Gasteiger partial charge in [0, 0.05) is 59.9 Å². The molecule has 0 aliphatic carbocycles. The Morgan fingerprint density at radius 2 is 1.38 bits per heavy atom. The van der Waals surface area contributed by atoms with Gasteiger partial charge >= 0.3 is 5.97 Å². The second kappa shape index (κ2) is 9.15. The van der Waals surface area contributed by atoms with Crippen molar-refractivity contribution in [1.82, 2.24) is 14.6 Å². The molecule has 39 heavy (non-hydrogen) atoms. The number of carbonyl (C=O) groups excluding carboxylic acids is 3. The fourth-order valence-electron chi connectivity index (χ4n) is 5.81. The number of aromatic nitrogens is 2. The number of fused-ring (bicyclic) bond motifs is 2. The Balaban J connectivity index is 1.42. The first-order valence-electron chi connectivity index (χ1n) is 13.4. The van der Waals surface area contributed by atoms with Crippen molar-refractivity contribution >= 4 is 50.7 Å². The van der Waals surface area contributed by atoms with Gasteiger partial charge in [-0.25, -0.2) is 0 Å². The minimum atomic E-state index is -0.505. The molecule has 0 atom stereocenters. The molecule has 0 saturated carbocycles. The van der Waals surface area contributed by atoms with Gasteiger partial charge in [-0.2, -0.15) is 0 Å². The maximum atomic E-state index is 13.3. The summed E-state index contributed by atoms with van der Waals surface area (Å²) in [6.45, 7) is 7.00. The fraction of sp³-hybridized carbons (Fsp3) is 0.323. The Morgan fingerprint density at radius 3 is 2.00 bits per heavy atom. The molecular weight excluding hydrogens is 492 g/mol. The quantitative estimate of drug-likeness (QED) is 0.316. The number of para-hydroxylation sites is 2. The minimum absolute atomic E-state index is 0.138. The van der Waals surface area contributed by atoms with Crippen LogP contribution in [0.2, 0.25) is 0 Å². The molecule has 2 aliphatic rings. The highest BCUT2D eigenvalue weighted by Crippen LogP contribution is 2.39. The van der Waals surface area contributed by atoms with Crippen LogP contribution in [0.4, 0.5) is 0 Å². The normalized spacial score (nSPS) is 17.0. The maximum Gasteiger partial charge on any atom is 0.309 e.